The van der Waals surface area contributed by atoms with Crippen LogP contribution >= 0.6 is 0 Å². The van der Waals surface area contributed by atoms with E-state index >= 15 is 0 Å². The van der Waals surface area contributed by atoms with Gasteiger partial charge < -0.3 is 9.73 Å². The van der Waals surface area contributed by atoms with E-state index < -0.39 is 0 Å². The minimum atomic E-state index is -0.173. The highest BCUT2D eigenvalue weighted by Gasteiger charge is 2.20. The van der Waals surface area contributed by atoms with Crippen molar-refractivity contribution in [2.24, 2.45) is 0 Å². The predicted octanol–water partition coefficient (Wildman–Crippen LogP) is 4.83. The summed E-state index contributed by atoms with van der Waals surface area (Å²) < 4.78 is 6.39. The maximum Gasteiger partial charge on any atom is 0.206 e. The molecule has 1 atom stereocenters. The molecule has 0 spiro atoms. The largest absolute Gasteiger partial charge is 0.455 e. The lowest BCUT2D eigenvalue weighted by Crippen LogP contribution is -2.13. The zero-order chi connectivity index (χ0) is 22.9. The number of tetrazole rings is 1. The number of benzene rings is 2. The fraction of sp³-hybridized carbons (Fsp3) is 0.160. The van der Waals surface area contributed by atoms with Crippen LogP contribution < -0.4 is 10.7 Å². The maximum absolute atomic E-state index is 13.3. The number of hydrogen-bond acceptors (Lipinski definition) is 7. The number of nitrogens with zero attached hydrogens (tertiary/aromatic N) is 4. The summed E-state index contributed by atoms with van der Waals surface area (Å²) in [5, 5.41) is 18.5. The first-order chi connectivity index (χ1) is 16.0. The van der Waals surface area contributed by atoms with E-state index in [1.165, 1.54) is 0 Å². The molecule has 0 aliphatic rings. The second kappa shape index (κ2) is 8.31. The van der Waals surface area contributed by atoms with E-state index in [0.29, 0.717) is 28.1 Å². The molecule has 5 rings (SSSR count). The second-order valence-electron chi connectivity index (χ2n) is 8.00. The Morgan fingerprint density at radius 3 is 2.70 bits per heavy atom. The van der Waals surface area contributed by atoms with Crippen molar-refractivity contribution in [2.45, 2.75) is 26.8 Å². The molecular formula is C25H22N6O2. The first kappa shape index (κ1) is 20.6. The molecule has 1 unspecified atom stereocenters. The van der Waals surface area contributed by atoms with Gasteiger partial charge in [0.25, 0.3) is 0 Å². The van der Waals surface area contributed by atoms with Gasteiger partial charge in [-0.2, -0.15) is 5.21 Å². The third-order valence-corrected chi connectivity index (χ3v) is 5.67. The third kappa shape index (κ3) is 3.76. The number of aromatic amines is 1. The number of fused-ring (bicyclic) bond motifs is 1. The Hall–Kier alpha value is -4.33. The molecule has 0 amide bonds. The van der Waals surface area contributed by atoms with Gasteiger partial charge in [-0.3, -0.25) is 9.78 Å². The SMILES string of the molecule is Cc1cc(C(C)Nc2ccccc2-c2nn[nH]n2)c2oc(-c3cccnc3)c(C)c(=O)c2c1. The zero-order valence-corrected chi connectivity index (χ0v) is 18.5. The Bertz CT molecular complexity index is 1490. The van der Waals surface area contributed by atoms with Gasteiger partial charge in [-0.15, -0.1) is 10.2 Å². The van der Waals surface area contributed by atoms with Crippen LogP contribution in [0.15, 0.2) is 70.1 Å². The van der Waals surface area contributed by atoms with Crippen molar-refractivity contribution in [3.05, 3.63) is 87.8 Å². The highest BCUT2D eigenvalue weighted by molar-refractivity contribution is 5.85. The number of hydrogen-bond donors (Lipinski definition) is 2. The smallest absolute Gasteiger partial charge is 0.206 e. The summed E-state index contributed by atoms with van der Waals surface area (Å²) in [6.07, 6.45) is 3.40. The average Bonchev–Trinajstić information content (AvgIpc) is 3.37. The molecule has 0 saturated heterocycles. The molecule has 3 aromatic heterocycles. The molecule has 0 saturated carbocycles. The van der Waals surface area contributed by atoms with Crippen LogP contribution in [0.25, 0.3) is 33.7 Å². The van der Waals surface area contributed by atoms with Gasteiger partial charge in [-0.1, -0.05) is 18.2 Å². The third-order valence-electron chi connectivity index (χ3n) is 5.67. The molecule has 164 valence electrons. The van der Waals surface area contributed by atoms with Crippen molar-refractivity contribution < 1.29 is 4.42 Å². The lowest BCUT2D eigenvalue weighted by atomic mass is 9.98. The molecule has 0 aliphatic carbocycles. The standard InChI is InChI=1S/C25H22N6O2/c1-14-11-19(16(3)27-21-9-5-4-8-18(21)25-28-30-31-29-25)24-20(12-14)22(32)15(2)23(33-24)17-7-6-10-26-13-17/h4-13,16,27H,1-3H3,(H,28,29,30,31). The first-order valence-corrected chi connectivity index (χ1v) is 10.6. The summed E-state index contributed by atoms with van der Waals surface area (Å²) in [4.78, 5) is 17.5. The number of nitrogens with one attached hydrogen (secondary N) is 2. The lowest BCUT2D eigenvalue weighted by molar-refractivity contribution is 0.605. The van der Waals surface area contributed by atoms with Crippen LogP contribution in [-0.2, 0) is 0 Å². The van der Waals surface area contributed by atoms with Gasteiger partial charge in [-0.05, 0) is 61.9 Å². The molecule has 5 aromatic rings. The number of aromatic nitrogens is 5. The molecule has 33 heavy (non-hydrogen) atoms. The van der Waals surface area contributed by atoms with E-state index in [2.05, 4.69) is 30.9 Å². The predicted molar refractivity (Wildman–Crippen MR) is 127 cm³/mol. The van der Waals surface area contributed by atoms with Crippen molar-refractivity contribution in [3.8, 4) is 22.7 Å². The van der Waals surface area contributed by atoms with Crippen molar-refractivity contribution in [1.82, 2.24) is 25.6 Å². The van der Waals surface area contributed by atoms with Gasteiger partial charge >= 0.3 is 0 Å². The van der Waals surface area contributed by atoms with Crippen molar-refractivity contribution >= 4 is 16.7 Å². The van der Waals surface area contributed by atoms with Crippen molar-refractivity contribution in [1.29, 1.82) is 0 Å². The summed E-state index contributed by atoms with van der Waals surface area (Å²) in [5.41, 5.74) is 5.39. The molecule has 8 nitrogen and oxygen atoms in total. The minimum Gasteiger partial charge on any atom is -0.455 e. The fourth-order valence-corrected chi connectivity index (χ4v) is 4.05. The highest BCUT2D eigenvalue weighted by Crippen LogP contribution is 2.33. The molecule has 2 N–H and O–H groups in total. The molecule has 0 fully saturated rings. The number of rotatable bonds is 5. The minimum absolute atomic E-state index is 0.0422. The van der Waals surface area contributed by atoms with Crippen LogP contribution in [0.1, 0.15) is 29.7 Å². The molecule has 0 radical (unpaired) electrons. The molecule has 0 aliphatic heterocycles. The topological polar surface area (TPSA) is 110 Å². The molecular weight excluding hydrogens is 416 g/mol. The van der Waals surface area contributed by atoms with E-state index in [9.17, 15) is 4.79 Å². The summed E-state index contributed by atoms with van der Waals surface area (Å²) >= 11 is 0. The Morgan fingerprint density at radius 1 is 1.09 bits per heavy atom. The first-order valence-electron chi connectivity index (χ1n) is 10.6. The summed E-state index contributed by atoms with van der Waals surface area (Å²) in [7, 11) is 0. The Morgan fingerprint density at radius 2 is 1.94 bits per heavy atom. The second-order valence-corrected chi connectivity index (χ2v) is 8.00. The van der Waals surface area contributed by atoms with Crippen LogP contribution in [0, 0.1) is 13.8 Å². The van der Waals surface area contributed by atoms with E-state index in [-0.39, 0.29) is 11.5 Å². The van der Waals surface area contributed by atoms with E-state index in [4.69, 9.17) is 4.42 Å². The van der Waals surface area contributed by atoms with E-state index in [0.717, 1.165) is 27.9 Å². The van der Waals surface area contributed by atoms with Gasteiger partial charge in [0, 0.05) is 40.3 Å². The van der Waals surface area contributed by atoms with Gasteiger partial charge in [0.15, 0.2) is 5.43 Å². The number of para-hydroxylation sites is 1. The molecule has 8 heteroatoms. The van der Waals surface area contributed by atoms with E-state index in [1.807, 2.05) is 62.4 Å². The quantitative estimate of drug-likeness (QED) is 0.405. The number of H-pyrrole nitrogens is 1. The van der Waals surface area contributed by atoms with Crippen molar-refractivity contribution in [2.75, 3.05) is 5.32 Å². The van der Waals surface area contributed by atoms with Gasteiger partial charge in [0.1, 0.15) is 11.3 Å². The Balaban J connectivity index is 1.64. The monoisotopic (exact) mass is 438 g/mol. The molecule has 0 bridgehead atoms. The fourth-order valence-electron chi connectivity index (χ4n) is 4.05. The van der Waals surface area contributed by atoms with E-state index in [1.54, 1.807) is 19.3 Å². The molecule has 3 heterocycles. The highest BCUT2D eigenvalue weighted by atomic mass is 16.3. The number of anilines is 1. The number of aryl methyl sites for hydroxylation is 1. The van der Waals surface area contributed by atoms with Crippen LogP contribution in [0.5, 0.6) is 0 Å². The normalized spacial score (nSPS) is 12.1. The number of pyridine rings is 1. The van der Waals surface area contributed by atoms with Crippen LogP contribution in [-0.4, -0.2) is 25.6 Å². The van der Waals surface area contributed by atoms with Gasteiger partial charge in [0.2, 0.25) is 5.82 Å². The lowest BCUT2D eigenvalue weighted by Gasteiger charge is -2.20. The summed E-state index contributed by atoms with van der Waals surface area (Å²) in [5.74, 6) is 1.03. The van der Waals surface area contributed by atoms with Gasteiger partial charge in [-0.25, -0.2) is 0 Å². The Labute approximate surface area is 189 Å². The Kier molecular flexibility index (Phi) is 5.18. The average molecular weight is 438 g/mol. The van der Waals surface area contributed by atoms with Crippen LogP contribution in [0.3, 0.4) is 0 Å². The van der Waals surface area contributed by atoms with Crippen molar-refractivity contribution in [3.63, 3.8) is 0 Å². The van der Waals surface area contributed by atoms with Crippen LogP contribution in [0.4, 0.5) is 5.69 Å². The zero-order valence-electron chi connectivity index (χ0n) is 18.5. The molecule has 2 aromatic carbocycles. The summed E-state index contributed by atoms with van der Waals surface area (Å²) in [6, 6.07) is 15.2. The van der Waals surface area contributed by atoms with Crippen LogP contribution in [0.2, 0.25) is 0 Å². The maximum atomic E-state index is 13.3. The summed E-state index contributed by atoms with van der Waals surface area (Å²) in [6.45, 7) is 5.80. The van der Waals surface area contributed by atoms with Gasteiger partial charge in [0.05, 0.1) is 11.4 Å².